The van der Waals surface area contributed by atoms with Gasteiger partial charge in [-0.15, -0.1) is 0 Å². The minimum Gasteiger partial charge on any atom is -0.479 e. The van der Waals surface area contributed by atoms with Crippen LogP contribution in [0.1, 0.15) is 52.9 Å². The number of hydrogen-bond donors (Lipinski definition) is 3. The highest BCUT2D eigenvalue weighted by Gasteiger charge is 2.37. The Labute approximate surface area is 120 Å². The maximum atomic E-state index is 12.0. The SMILES string of the molecule is CCCC(O)(CCC)CC(=O)NC(C)(COC)C(=O)O. The van der Waals surface area contributed by atoms with Gasteiger partial charge in [-0.1, -0.05) is 26.7 Å². The van der Waals surface area contributed by atoms with Crippen LogP contribution in [0.3, 0.4) is 0 Å². The van der Waals surface area contributed by atoms with E-state index in [1.807, 2.05) is 13.8 Å². The molecule has 0 aliphatic heterocycles. The molecule has 0 aromatic rings. The maximum absolute atomic E-state index is 12.0. The smallest absolute Gasteiger partial charge is 0.331 e. The van der Waals surface area contributed by atoms with Crippen LogP contribution in [0, 0.1) is 0 Å². The number of rotatable bonds is 10. The van der Waals surface area contributed by atoms with Gasteiger partial charge in [0.25, 0.3) is 0 Å². The first-order valence-corrected chi connectivity index (χ1v) is 6.98. The summed E-state index contributed by atoms with van der Waals surface area (Å²) in [6.07, 6.45) is 2.46. The number of aliphatic carboxylic acids is 1. The Morgan fingerprint density at radius 2 is 1.70 bits per heavy atom. The van der Waals surface area contributed by atoms with Gasteiger partial charge >= 0.3 is 5.97 Å². The van der Waals surface area contributed by atoms with E-state index in [1.54, 1.807) is 0 Å². The summed E-state index contributed by atoms with van der Waals surface area (Å²) in [5.74, 6) is -1.64. The molecule has 0 aliphatic rings. The first kappa shape index (κ1) is 18.9. The van der Waals surface area contributed by atoms with Crippen molar-refractivity contribution >= 4 is 11.9 Å². The monoisotopic (exact) mass is 289 g/mol. The molecule has 0 aromatic carbocycles. The van der Waals surface area contributed by atoms with E-state index < -0.39 is 23.0 Å². The van der Waals surface area contributed by atoms with Crippen molar-refractivity contribution in [3.05, 3.63) is 0 Å². The predicted molar refractivity (Wildman–Crippen MR) is 75.4 cm³/mol. The van der Waals surface area contributed by atoms with Crippen molar-refractivity contribution in [1.29, 1.82) is 0 Å². The van der Waals surface area contributed by atoms with Gasteiger partial charge in [0, 0.05) is 7.11 Å². The van der Waals surface area contributed by atoms with Crippen LogP contribution in [0.4, 0.5) is 0 Å². The number of aliphatic hydroxyl groups is 1. The molecule has 20 heavy (non-hydrogen) atoms. The van der Waals surface area contributed by atoms with Gasteiger partial charge in [0.05, 0.1) is 18.6 Å². The van der Waals surface area contributed by atoms with Crippen LogP contribution in [-0.4, -0.2) is 46.9 Å². The molecule has 0 aromatic heterocycles. The number of ether oxygens (including phenoxy) is 1. The van der Waals surface area contributed by atoms with Crippen molar-refractivity contribution in [3.63, 3.8) is 0 Å². The van der Waals surface area contributed by atoms with Crippen molar-refractivity contribution in [1.82, 2.24) is 5.32 Å². The van der Waals surface area contributed by atoms with Crippen LogP contribution in [0.5, 0.6) is 0 Å². The van der Waals surface area contributed by atoms with Crippen molar-refractivity contribution in [2.45, 2.75) is 64.0 Å². The summed E-state index contributed by atoms with van der Waals surface area (Å²) in [7, 11) is 1.37. The number of methoxy groups -OCH3 is 1. The van der Waals surface area contributed by atoms with Gasteiger partial charge in [-0.25, -0.2) is 4.79 Å². The number of hydrogen-bond acceptors (Lipinski definition) is 4. The Hall–Kier alpha value is -1.14. The Bertz CT molecular complexity index is 326. The van der Waals surface area contributed by atoms with Gasteiger partial charge in [0.2, 0.25) is 5.91 Å². The van der Waals surface area contributed by atoms with Gasteiger partial charge in [0.15, 0.2) is 5.54 Å². The average Bonchev–Trinajstić information content (AvgIpc) is 2.28. The first-order chi connectivity index (χ1) is 9.23. The van der Waals surface area contributed by atoms with E-state index in [1.165, 1.54) is 14.0 Å². The molecular formula is C14H27NO5. The van der Waals surface area contributed by atoms with Crippen LogP contribution < -0.4 is 5.32 Å². The number of carbonyl (C=O) groups excluding carboxylic acids is 1. The summed E-state index contributed by atoms with van der Waals surface area (Å²) in [6, 6.07) is 0. The fourth-order valence-corrected chi connectivity index (χ4v) is 2.32. The molecule has 1 amide bonds. The molecule has 3 N–H and O–H groups in total. The fourth-order valence-electron chi connectivity index (χ4n) is 2.32. The van der Waals surface area contributed by atoms with Crippen molar-refractivity contribution in [2.24, 2.45) is 0 Å². The second kappa shape index (κ2) is 8.21. The third-order valence-corrected chi connectivity index (χ3v) is 3.24. The lowest BCUT2D eigenvalue weighted by Crippen LogP contribution is -2.56. The van der Waals surface area contributed by atoms with E-state index in [9.17, 15) is 14.7 Å². The molecule has 0 saturated heterocycles. The summed E-state index contributed by atoms with van der Waals surface area (Å²) in [6.45, 7) is 5.12. The molecule has 1 atom stereocenters. The van der Waals surface area contributed by atoms with E-state index in [0.29, 0.717) is 12.8 Å². The Balaban J connectivity index is 4.77. The zero-order chi connectivity index (χ0) is 15.8. The Kier molecular flexibility index (Phi) is 7.75. The number of nitrogens with one attached hydrogen (secondary N) is 1. The van der Waals surface area contributed by atoms with Crippen molar-refractivity contribution in [2.75, 3.05) is 13.7 Å². The Morgan fingerprint density at radius 1 is 1.20 bits per heavy atom. The highest BCUT2D eigenvalue weighted by Crippen LogP contribution is 2.23. The van der Waals surface area contributed by atoms with Crippen molar-refractivity contribution in [3.8, 4) is 0 Å². The molecule has 0 aliphatic carbocycles. The minimum absolute atomic E-state index is 0.0960. The first-order valence-electron chi connectivity index (χ1n) is 6.98. The molecule has 6 nitrogen and oxygen atoms in total. The van der Waals surface area contributed by atoms with Crippen LogP contribution in [0.25, 0.3) is 0 Å². The summed E-state index contributed by atoms with van der Waals surface area (Å²) < 4.78 is 4.84. The molecule has 1 unspecified atom stereocenters. The fraction of sp³-hybridized carbons (Fsp3) is 0.857. The molecule has 0 rings (SSSR count). The van der Waals surface area contributed by atoms with Crippen LogP contribution in [0.15, 0.2) is 0 Å². The Morgan fingerprint density at radius 3 is 2.05 bits per heavy atom. The molecule has 0 bridgehead atoms. The van der Waals surface area contributed by atoms with E-state index >= 15 is 0 Å². The van der Waals surface area contributed by atoms with Crippen LogP contribution in [-0.2, 0) is 14.3 Å². The number of carbonyl (C=O) groups is 2. The van der Waals surface area contributed by atoms with E-state index in [-0.39, 0.29) is 13.0 Å². The summed E-state index contributed by atoms with van der Waals surface area (Å²) >= 11 is 0. The molecule has 0 fully saturated rings. The largest absolute Gasteiger partial charge is 0.479 e. The highest BCUT2D eigenvalue weighted by molar-refractivity contribution is 5.87. The molecule has 118 valence electrons. The third-order valence-electron chi connectivity index (χ3n) is 3.24. The summed E-state index contributed by atoms with van der Waals surface area (Å²) in [5.41, 5.74) is -2.55. The molecular weight excluding hydrogens is 262 g/mol. The molecule has 0 heterocycles. The summed E-state index contributed by atoms with van der Waals surface area (Å²) in [4.78, 5) is 23.2. The summed E-state index contributed by atoms with van der Waals surface area (Å²) in [5, 5.41) is 22.0. The van der Waals surface area contributed by atoms with E-state index in [4.69, 9.17) is 9.84 Å². The minimum atomic E-state index is -1.48. The van der Waals surface area contributed by atoms with E-state index in [0.717, 1.165) is 12.8 Å². The van der Waals surface area contributed by atoms with Gasteiger partial charge in [-0.05, 0) is 19.8 Å². The van der Waals surface area contributed by atoms with Crippen molar-refractivity contribution < 1.29 is 24.5 Å². The standard InChI is InChI=1S/C14H27NO5/c1-5-7-14(19,8-6-2)9-11(16)15-13(3,10-20-4)12(17)18/h19H,5-10H2,1-4H3,(H,15,16)(H,17,18). The maximum Gasteiger partial charge on any atom is 0.331 e. The quantitative estimate of drug-likeness (QED) is 0.563. The molecule has 0 saturated carbocycles. The topological polar surface area (TPSA) is 95.9 Å². The second-order valence-electron chi connectivity index (χ2n) is 5.52. The lowest BCUT2D eigenvalue weighted by atomic mass is 9.88. The predicted octanol–water partition coefficient (Wildman–Crippen LogP) is 1.31. The van der Waals surface area contributed by atoms with Gasteiger partial charge in [-0.3, -0.25) is 4.79 Å². The zero-order valence-electron chi connectivity index (χ0n) is 12.9. The second-order valence-corrected chi connectivity index (χ2v) is 5.52. The number of amides is 1. The number of carboxylic acids is 1. The highest BCUT2D eigenvalue weighted by atomic mass is 16.5. The van der Waals surface area contributed by atoms with Gasteiger partial charge < -0.3 is 20.3 Å². The average molecular weight is 289 g/mol. The molecule has 6 heteroatoms. The van der Waals surface area contributed by atoms with Gasteiger partial charge in [0.1, 0.15) is 0 Å². The zero-order valence-corrected chi connectivity index (χ0v) is 12.9. The molecule has 0 spiro atoms. The lowest BCUT2D eigenvalue weighted by Gasteiger charge is -2.30. The number of carboxylic acid groups (broad SMARTS) is 1. The van der Waals surface area contributed by atoms with Crippen LogP contribution in [0.2, 0.25) is 0 Å². The normalized spacial score (nSPS) is 14.7. The lowest BCUT2D eigenvalue weighted by molar-refractivity contribution is -0.150. The van der Waals surface area contributed by atoms with Crippen LogP contribution >= 0.6 is 0 Å². The van der Waals surface area contributed by atoms with Gasteiger partial charge in [-0.2, -0.15) is 0 Å². The molecule has 0 radical (unpaired) electrons. The third kappa shape index (κ3) is 5.88. The van der Waals surface area contributed by atoms with E-state index in [2.05, 4.69) is 5.32 Å².